The lowest BCUT2D eigenvalue weighted by Crippen LogP contribution is -2.41. The first kappa shape index (κ1) is 27.2. The van der Waals surface area contributed by atoms with Gasteiger partial charge in [-0.2, -0.15) is 5.90 Å². The number of nitrogens with two attached hydrogens (primary N) is 1. The van der Waals surface area contributed by atoms with Crippen molar-refractivity contribution in [2.24, 2.45) is 5.90 Å². The molecule has 3 N–H and O–H groups in total. The highest BCUT2D eigenvalue weighted by Crippen LogP contribution is 2.40. The van der Waals surface area contributed by atoms with E-state index in [0.717, 1.165) is 6.33 Å². The highest BCUT2D eigenvalue weighted by atomic mass is 16.7. The van der Waals surface area contributed by atoms with Crippen LogP contribution in [0.5, 0.6) is 5.88 Å². The standard InChI is InChI=1S/C26H27N3O8/c1-25(2,3)35-19(30)14-26(34-15-17-10-6-4-7-11-17,36-23(32)18-12-8-5-9-13-18)20-21(24(33)37-27)28-16-29-22(20)31/h4-13,16H,14-15,27H2,1-3H3,(H,28,29,31). The van der Waals surface area contributed by atoms with Gasteiger partial charge in [0.1, 0.15) is 23.9 Å². The number of hydrogen-bond donors (Lipinski definition) is 2. The van der Waals surface area contributed by atoms with Gasteiger partial charge in [-0.05, 0) is 38.5 Å². The van der Waals surface area contributed by atoms with Crippen LogP contribution in [0.3, 0.4) is 0 Å². The molecular formula is C26H27N3O8. The van der Waals surface area contributed by atoms with Crippen LogP contribution in [-0.4, -0.2) is 38.6 Å². The van der Waals surface area contributed by atoms with Gasteiger partial charge in [-0.3, -0.25) is 4.79 Å². The summed E-state index contributed by atoms with van der Waals surface area (Å²) in [6.45, 7) is 4.73. The maximum Gasteiger partial charge on any atom is 0.376 e. The van der Waals surface area contributed by atoms with E-state index in [-0.39, 0.29) is 12.2 Å². The van der Waals surface area contributed by atoms with Crippen molar-refractivity contribution in [1.82, 2.24) is 9.97 Å². The molecule has 0 saturated heterocycles. The second kappa shape index (κ2) is 11.6. The number of carbonyl (C=O) groups is 3. The van der Waals surface area contributed by atoms with Crippen LogP contribution in [0.1, 0.15) is 59.2 Å². The fraction of sp³-hybridized carbons (Fsp3) is 0.269. The van der Waals surface area contributed by atoms with Crippen molar-refractivity contribution in [3.63, 3.8) is 0 Å². The summed E-state index contributed by atoms with van der Waals surface area (Å²) < 4.78 is 17.3. The Kier molecular flexibility index (Phi) is 8.53. The van der Waals surface area contributed by atoms with Crippen molar-refractivity contribution in [3.05, 3.63) is 89.4 Å². The van der Waals surface area contributed by atoms with Crippen LogP contribution >= 0.6 is 0 Å². The van der Waals surface area contributed by atoms with Crippen molar-refractivity contribution in [2.75, 3.05) is 0 Å². The first-order valence-corrected chi connectivity index (χ1v) is 11.2. The maximum absolute atomic E-state index is 13.3. The fourth-order valence-electron chi connectivity index (χ4n) is 3.39. The van der Waals surface area contributed by atoms with Gasteiger partial charge in [0.15, 0.2) is 5.69 Å². The van der Waals surface area contributed by atoms with Crippen LogP contribution in [0.2, 0.25) is 0 Å². The molecule has 0 saturated carbocycles. The summed E-state index contributed by atoms with van der Waals surface area (Å²) in [5.74, 6) is -1.13. The van der Waals surface area contributed by atoms with Gasteiger partial charge >= 0.3 is 17.9 Å². The molecule has 0 aliphatic heterocycles. The Balaban J connectivity index is 2.20. The minimum Gasteiger partial charge on any atom is -0.493 e. The zero-order valence-electron chi connectivity index (χ0n) is 20.5. The molecule has 0 bridgehead atoms. The summed E-state index contributed by atoms with van der Waals surface area (Å²) in [5, 5.41) is 10.8. The molecular weight excluding hydrogens is 482 g/mol. The van der Waals surface area contributed by atoms with Gasteiger partial charge in [0.2, 0.25) is 5.88 Å². The molecule has 0 aliphatic carbocycles. The second-order valence-electron chi connectivity index (χ2n) is 8.87. The zero-order chi connectivity index (χ0) is 27.1. The molecule has 0 amide bonds. The number of hydrogen-bond acceptors (Lipinski definition) is 11. The van der Waals surface area contributed by atoms with Gasteiger partial charge in [-0.1, -0.05) is 48.5 Å². The lowest BCUT2D eigenvalue weighted by atomic mass is 9.99. The molecule has 11 nitrogen and oxygen atoms in total. The first-order valence-electron chi connectivity index (χ1n) is 11.2. The minimum atomic E-state index is -2.43. The molecule has 194 valence electrons. The molecule has 1 heterocycles. The van der Waals surface area contributed by atoms with E-state index in [1.54, 1.807) is 69.3 Å². The van der Waals surface area contributed by atoms with E-state index < -0.39 is 52.9 Å². The molecule has 1 aromatic heterocycles. The van der Waals surface area contributed by atoms with Gasteiger partial charge in [0.05, 0.1) is 12.2 Å². The molecule has 0 fully saturated rings. The predicted octanol–water partition coefficient (Wildman–Crippen LogP) is 3.17. The smallest absolute Gasteiger partial charge is 0.376 e. The quantitative estimate of drug-likeness (QED) is 0.248. The average molecular weight is 510 g/mol. The van der Waals surface area contributed by atoms with Crippen LogP contribution in [0.15, 0.2) is 67.0 Å². The van der Waals surface area contributed by atoms with Gasteiger partial charge in [-0.25, -0.2) is 19.6 Å². The first-order chi connectivity index (χ1) is 17.5. The highest BCUT2D eigenvalue weighted by Gasteiger charge is 2.48. The van der Waals surface area contributed by atoms with Crippen LogP contribution in [-0.2, 0) is 36.2 Å². The molecule has 1 atom stereocenters. The van der Waals surface area contributed by atoms with E-state index in [1.165, 1.54) is 12.1 Å². The van der Waals surface area contributed by atoms with E-state index >= 15 is 0 Å². The fourth-order valence-corrected chi connectivity index (χ4v) is 3.39. The number of esters is 2. The Morgan fingerprint density at radius 3 is 2.11 bits per heavy atom. The Hall–Kier alpha value is -4.35. The number of nitrogens with zero attached hydrogens (tertiary/aromatic N) is 2. The summed E-state index contributed by atoms with van der Waals surface area (Å²) in [6, 6.07) is 16.6. The van der Waals surface area contributed by atoms with E-state index in [1.807, 2.05) is 0 Å². The zero-order valence-corrected chi connectivity index (χ0v) is 20.5. The Morgan fingerprint density at radius 1 is 0.892 bits per heavy atom. The number of carbonyl (C=O) groups excluding carboxylic acids is 3. The van der Waals surface area contributed by atoms with Crippen molar-refractivity contribution >= 4 is 17.9 Å². The molecule has 0 aliphatic rings. The third-order valence-corrected chi connectivity index (χ3v) is 4.89. The van der Waals surface area contributed by atoms with Crippen LogP contribution < -0.4 is 5.90 Å². The lowest BCUT2D eigenvalue weighted by Gasteiger charge is -2.34. The average Bonchev–Trinajstić information content (AvgIpc) is 2.86. The lowest BCUT2D eigenvalue weighted by molar-refractivity contribution is -0.232. The number of rotatable bonds is 9. The maximum atomic E-state index is 13.3. The second-order valence-corrected chi connectivity index (χ2v) is 8.87. The molecule has 0 radical (unpaired) electrons. The Bertz CT molecular complexity index is 1250. The van der Waals surface area contributed by atoms with Crippen LogP contribution in [0.4, 0.5) is 0 Å². The number of aromatic nitrogens is 2. The van der Waals surface area contributed by atoms with Crippen LogP contribution in [0, 0.1) is 0 Å². The third-order valence-electron chi connectivity index (χ3n) is 4.89. The number of aromatic hydroxyl groups is 1. The summed E-state index contributed by atoms with van der Waals surface area (Å²) >= 11 is 0. The van der Waals surface area contributed by atoms with Crippen molar-refractivity contribution in [3.8, 4) is 5.88 Å². The minimum absolute atomic E-state index is 0.110. The number of benzene rings is 2. The third kappa shape index (κ3) is 7.09. The van der Waals surface area contributed by atoms with Crippen molar-refractivity contribution < 1.29 is 38.5 Å². The molecule has 3 aromatic rings. The van der Waals surface area contributed by atoms with Crippen molar-refractivity contribution in [2.45, 2.75) is 45.2 Å². The SMILES string of the molecule is CC(C)(C)OC(=O)CC(OCc1ccccc1)(OC(=O)c1ccccc1)c1c(O)ncnc1C(=O)ON. The molecule has 3 rings (SSSR count). The molecule has 37 heavy (non-hydrogen) atoms. The summed E-state index contributed by atoms with van der Waals surface area (Å²) in [5.41, 5.74) is -1.28. The molecule has 1 unspecified atom stereocenters. The normalized spacial score (nSPS) is 12.8. The van der Waals surface area contributed by atoms with Gasteiger partial charge in [0.25, 0.3) is 5.79 Å². The summed E-state index contributed by atoms with van der Waals surface area (Å²) in [6.07, 6.45) is 0.0982. The predicted molar refractivity (Wildman–Crippen MR) is 129 cm³/mol. The van der Waals surface area contributed by atoms with Gasteiger partial charge in [0, 0.05) is 0 Å². The van der Waals surface area contributed by atoms with Gasteiger partial charge < -0.3 is 24.2 Å². The molecule has 11 heteroatoms. The largest absolute Gasteiger partial charge is 0.493 e. The van der Waals surface area contributed by atoms with E-state index in [4.69, 9.17) is 20.1 Å². The molecule has 0 spiro atoms. The van der Waals surface area contributed by atoms with E-state index in [2.05, 4.69) is 14.8 Å². The van der Waals surface area contributed by atoms with E-state index in [9.17, 15) is 19.5 Å². The Morgan fingerprint density at radius 2 is 1.51 bits per heavy atom. The van der Waals surface area contributed by atoms with Gasteiger partial charge in [-0.15, -0.1) is 0 Å². The van der Waals surface area contributed by atoms with Crippen LogP contribution in [0.25, 0.3) is 0 Å². The number of ether oxygens (including phenoxy) is 3. The summed E-state index contributed by atoms with van der Waals surface area (Å²) in [7, 11) is 0. The van der Waals surface area contributed by atoms with E-state index in [0.29, 0.717) is 5.56 Å². The molecule has 2 aromatic carbocycles. The highest BCUT2D eigenvalue weighted by molar-refractivity contribution is 5.92. The van der Waals surface area contributed by atoms with Crippen molar-refractivity contribution in [1.29, 1.82) is 0 Å². The topological polar surface area (TPSA) is 160 Å². The monoisotopic (exact) mass is 509 g/mol. The summed E-state index contributed by atoms with van der Waals surface area (Å²) in [4.78, 5) is 50.7. The Labute approximate surface area is 213 Å².